The molecule has 0 saturated heterocycles. The Balaban J connectivity index is 1.25. The van der Waals surface area contributed by atoms with Gasteiger partial charge in [0.1, 0.15) is 11.4 Å². The molecule has 168 valence electrons. The minimum absolute atomic E-state index is 0.0176. The van der Waals surface area contributed by atoms with E-state index < -0.39 is 5.66 Å². The molecule has 3 fully saturated rings. The summed E-state index contributed by atoms with van der Waals surface area (Å²) in [6, 6.07) is 15.6. The van der Waals surface area contributed by atoms with Gasteiger partial charge >= 0.3 is 0 Å². The maximum atomic E-state index is 13.2. The Bertz CT molecular complexity index is 1040. The van der Waals surface area contributed by atoms with Gasteiger partial charge in [-0.25, -0.2) is 0 Å². The van der Waals surface area contributed by atoms with Crippen LogP contribution in [0.1, 0.15) is 48.5 Å². The molecule has 6 heteroatoms. The van der Waals surface area contributed by atoms with E-state index in [1.54, 1.807) is 7.11 Å². The Hall–Kier alpha value is -3.02. The molecule has 2 bridgehead atoms. The largest absolute Gasteiger partial charge is 0.497 e. The number of carbonyl (C=O) groups excluding carboxylic acids is 2. The van der Waals surface area contributed by atoms with Gasteiger partial charge in [-0.15, -0.1) is 0 Å². The molecular formula is C26H31N3O3. The third-order valence-electron chi connectivity index (χ3n) is 7.86. The molecule has 1 aliphatic heterocycles. The quantitative estimate of drug-likeness (QED) is 0.671. The third kappa shape index (κ3) is 3.51. The molecule has 6 rings (SSSR count). The van der Waals surface area contributed by atoms with Gasteiger partial charge in [0, 0.05) is 24.1 Å². The van der Waals surface area contributed by atoms with E-state index in [0.29, 0.717) is 12.1 Å². The van der Waals surface area contributed by atoms with E-state index in [0.717, 1.165) is 43.5 Å². The zero-order valence-electron chi connectivity index (χ0n) is 18.7. The zero-order valence-corrected chi connectivity index (χ0v) is 18.7. The van der Waals surface area contributed by atoms with Crippen molar-refractivity contribution in [3.63, 3.8) is 0 Å². The van der Waals surface area contributed by atoms with Gasteiger partial charge in [-0.05, 0) is 67.3 Å². The van der Waals surface area contributed by atoms with Gasteiger partial charge in [-0.1, -0.05) is 31.2 Å². The van der Waals surface area contributed by atoms with Crippen LogP contribution >= 0.6 is 0 Å². The molecule has 3 N–H and O–H groups in total. The fourth-order valence-electron chi connectivity index (χ4n) is 6.10. The summed E-state index contributed by atoms with van der Waals surface area (Å²) < 4.78 is 5.20. The summed E-state index contributed by atoms with van der Waals surface area (Å²) in [5.41, 5.74) is 2.16. The number of methoxy groups -OCH3 is 1. The van der Waals surface area contributed by atoms with Gasteiger partial charge in [0.25, 0.3) is 5.91 Å². The van der Waals surface area contributed by atoms with Crippen molar-refractivity contribution in [1.29, 1.82) is 0 Å². The lowest BCUT2D eigenvalue weighted by atomic mass is 9.51. The van der Waals surface area contributed by atoms with Gasteiger partial charge < -0.3 is 20.7 Å². The van der Waals surface area contributed by atoms with Crippen LogP contribution in [0, 0.1) is 17.3 Å². The van der Waals surface area contributed by atoms with Crippen LogP contribution in [0.2, 0.25) is 0 Å². The smallest absolute Gasteiger partial charge is 0.255 e. The number of hydrogen-bond acceptors (Lipinski definition) is 4. The highest BCUT2D eigenvalue weighted by molar-refractivity contribution is 6.02. The van der Waals surface area contributed by atoms with Crippen LogP contribution in [0.3, 0.4) is 0 Å². The van der Waals surface area contributed by atoms with Gasteiger partial charge in [-0.2, -0.15) is 0 Å². The second kappa shape index (κ2) is 7.84. The summed E-state index contributed by atoms with van der Waals surface area (Å²) in [5, 5.41) is 10.1. The normalized spacial score (nSPS) is 30.2. The highest BCUT2D eigenvalue weighted by Crippen LogP contribution is 2.58. The van der Waals surface area contributed by atoms with Crippen molar-refractivity contribution in [2.75, 3.05) is 19.0 Å². The van der Waals surface area contributed by atoms with Crippen LogP contribution in [-0.2, 0) is 11.2 Å². The molecule has 2 aromatic rings. The first kappa shape index (κ1) is 20.9. The zero-order chi connectivity index (χ0) is 22.3. The van der Waals surface area contributed by atoms with E-state index in [1.807, 2.05) is 48.5 Å². The lowest BCUT2D eigenvalue weighted by Crippen LogP contribution is -2.70. The summed E-state index contributed by atoms with van der Waals surface area (Å²) in [4.78, 5) is 26.0. The molecule has 0 radical (unpaired) electrons. The Morgan fingerprint density at radius 1 is 1.16 bits per heavy atom. The topological polar surface area (TPSA) is 79.5 Å². The van der Waals surface area contributed by atoms with Crippen molar-refractivity contribution in [2.24, 2.45) is 17.3 Å². The first-order valence-electron chi connectivity index (χ1n) is 11.5. The molecule has 1 spiro atoms. The fraction of sp³-hybridized carbons (Fsp3) is 0.462. The summed E-state index contributed by atoms with van der Waals surface area (Å²) in [5.74, 6) is 1.17. The molecule has 3 saturated carbocycles. The number of fused-ring (bicyclic) bond motifs is 3. The predicted octanol–water partition coefficient (Wildman–Crippen LogP) is 3.73. The van der Waals surface area contributed by atoms with Crippen LogP contribution in [0.4, 0.5) is 5.69 Å². The molecule has 2 aromatic carbocycles. The summed E-state index contributed by atoms with van der Waals surface area (Å²) in [6.45, 7) is 2.84. The van der Waals surface area contributed by atoms with Crippen LogP contribution in [0.5, 0.6) is 5.75 Å². The first-order valence-corrected chi connectivity index (χ1v) is 11.5. The minimum Gasteiger partial charge on any atom is -0.497 e. The Morgan fingerprint density at radius 2 is 1.94 bits per heavy atom. The van der Waals surface area contributed by atoms with Gasteiger partial charge in [-0.3, -0.25) is 9.59 Å². The number of ether oxygens (including phenoxy) is 1. The van der Waals surface area contributed by atoms with Crippen LogP contribution < -0.4 is 20.7 Å². The molecule has 3 aliphatic carbocycles. The summed E-state index contributed by atoms with van der Waals surface area (Å²) in [6.07, 6.45) is 4.37. The second-order valence-electron chi connectivity index (χ2n) is 9.84. The predicted molar refractivity (Wildman–Crippen MR) is 124 cm³/mol. The monoisotopic (exact) mass is 433 g/mol. The molecule has 4 aliphatic rings. The van der Waals surface area contributed by atoms with E-state index >= 15 is 0 Å². The third-order valence-corrected chi connectivity index (χ3v) is 7.86. The lowest BCUT2D eigenvalue weighted by molar-refractivity contribution is -0.139. The molecule has 4 atom stereocenters. The Labute approximate surface area is 189 Å². The van der Waals surface area contributed by atoms with Crippen molar-refractivity contribution in [3.8, 4) is 5.75 Å². The van der Waals surface area contributed by atoms with E-state index in [2.05, 4.69) is 22.9 Å². The van der Waals surface area contributed by atoms with Crippen molar-refractivity contribution >= 4 is 17.5 Å². The highest BCUT2D eigenvalue weighted by atomic mass is 16.5. The summed E-state index contributed by atoms with van der Waals surface area (Å²) in [7, 11) is 1.66. The van der Waals surface area contributed by atoms with Gasteiger partial charge in [0.05, 0.1) is 12.7 Å². The molecule has 0 aromatic heterocycles. The number of carbonyl (C=O) groups is 2. The SMILES string of the molecule is COc1ccc(CCNC(=O)[C@@H]2C[C@H]3CC[C@@]2(C)C[C@]32NC(=O)c3ccccc3N2)cc1. The number of rotatable bonds is 5. The lowest BCUT2D eigenvalue weighted by Gasteiger charge is -2.60. The number of benzene rings is 2. The number of anilines is 1. The van der Waals surface area contributed by atoms with Crippen LogP contribution in [-0.4, -0.2) is 31.1 Å². The van der Waals surface area contributed by atoms with Crippen molar-refractivity contribution < 1.29 is 14.3 Å². The van der Waals surface area contributed by atoms with Crippen molar-refractivity contribution in [2.45, 2.75) is 44.7 Å². The average Bonchev–Trinajstić information content (AvgIpc) is 2.79. The van der Waals surface area contributed by atoms with Crippen molar-refractivity contribution in [1.82, 2.24) is 10.6 Å². The van der Waals surface area contributed by atoms with E-state index in [-0.39, 0.29) is 29.1 Å². The van der Waals surface area contributed by atoms with Gasteiger partial charge in [0.2, 0.25) is 5.91 Å². The van der Waals surface area contributed by atoms with E-state index in [1.165, 1.54) is 5.56 Å². The van der Waals surface area contributed by atoms with Gasteiger partial charge in [0.15, 0.2) is 0 Å². The molecule has 1 heterocycles. The average molecular weight is 434 g/mol. The minimum atomic E-state index is -0.460. The van der Waals surface area contributed by atoms with Crippen molar-refractivity contribution in [3.05, 3.63) is 59.7 Å². The van der Waals surface area contributed by atoms with Crippen LogP contribution in [0.15, 0.2) is 48.5 Å². The van der Waals surface area contributed by atoms with E-state index in [4.69, 9.17) is 4.74 Å². The highest BCUT2D eigenvalue weighted by Gasteiger charge is 2.60. The Morgan fingerprint density at radius 3 is 2.69 bits per heavy atom. The maximum Gasteiger partial charge on any atom is 0.255 e. The standard InChI is InChI=1S/C26H31N3O3/c1-25-13-11-18(26(16-25)28-22-6-4-3-5-20(22)23(30)29-26)15-21(25)24(31)27-14-12-17-7-9-19(32-2)10-8-17/h3-10,18,21,28H,11-16H2,1-2H3,(H,27,31)(H,29,30)/t18-,21+,25+,26+/m1/s1. The van der Waals surface area contributed by atoms with E-state index in [9.17, 15) is 9.59 Å². The maximum absolute atomic E-state index is 13.2. The Kier molecular flexibility index (Phi) is 5.11. The molecule has 0 unspecified atom stereocenters. The second-order valence-corrected chi connectivity index (χ2v) is 9.84. The number of amides is 2. The number of nitrogens with one attached hydrogen (secondary N) is 3. The fourth-order valence-corrected chi connectivity index (χ4v) is 6.10. The number of para-hydroxylation sites is 1. The van der Waals surface area contributed by atoms with Crippen LogP contribution in [0.25, 0.3) is 0 Å². The molecule has 32 heavy (non-hydrogen) atoms. The molecule has 2 amide bonds. The number of hydrogen-bond donors (Lipinski definition) is 3. The summed E-state index contributed by atoms with van der Waals surface area (Å²) >= 11 is 0. The first-order chi connectivity index (χ1) is 15.4. The molecular weight excluding hydrogens is 402 g/mol. The molecule has 6 nitrogen and oxygen atoms in total.